The molecule has 0 bridgehead atoms. The van der Waals surface area contributed by atoms with Gasteiger partial charge in [-0.15, -0.1) is 11.3 Å². The third-order valence-electron chi connectivity index (χ3n) is 4.24. The lowest BCUT2D eigenvalue weighted by atomic mass is 10.1. The summed E-state index contributed by atoms with van der Waals surface area (Å²) in [5.41, 5.74) is 4.37. The van der Waals surface area contributed by atoms with Crippen LogP contribution in [0.25, 0.3) is 11.1 Å². The fourth-order valence-electron chi connectivity index (χ4n) is 2.79. The topological polar surface area (TPSA) is 81.6 Å². The van der Waals surface area contributed by atoms with E-state index in [0.29, 0.717) is 5.56 Å². The second-order valence-corrected chi connectivity index (χ2v) is 7.74. The molecule has 1 amide bonds. The van der Waals surface area contributed by atoms with Crippen molar-refractivity contribution in [1.29, 1.82) is 10.5 Å². The molecule has 0 saturated carbocycles. The van der Waals surface area contributed by atoms with Gasteiger partial charge in [0.25, 0.3) is 5.91 Å². The highest BCUT2D eigenvalue weighted by Crippen LogP contribution is 2.33. The number of nitriles is 2. The first kappa shape index (κ1) is 19.5. The van der Waals surface area contributed by atoms with Gasteiger partial charge in [0.05, 0.1) is 5.56 Å². The monoisotopic (exact) mass is 366 g/mol. The fraction of sp³-hybridized carbons (Fsp3) is 0.350. The van der Waals surface area contributed by atoms with Crippen molar-refractivity contribution in [3.63, 3.8) is 0 Å². The standard InChI is InChI=1S/C20H22N4OS/c1-11(2)23-19(25)17(9-21)8-16-7-12(3)24(14(16)5)20-18(10-22)13(4)15(6)26-20/h7-8,11H,1-6H3,(H,23,25)/b17-8-. The van der Waals surface area contributed by atoms with Crippen molar-refractivity contribution < 1.29 is 4.79 Å². The largest absolute Gasteiger partial charge is 0.349 e. The fourth-order valence-corrected chi connectivity index (χ4v) is 4.01. The molecule has 0 fully saturated rings. The lowest BCUT2D eigenvalue weighted by Crippen LogP contribution is -2.30. The van der Waals surface area contributed by atoms with Crippen LogP contribution >= 0.6 is 11.3 Å². The zero-order valence-electron chi connectivity index (χ0n) is 15.9. The van der Waals surface area contributed by atoms with Crippen molar-refractivity contribution in [3.05, 3.63) is 44.6 Å². The Bertz CT molecular complexity index is 977. The van der Waals surface area contributed by atoms with Crippen LogP contribution in [0.3, 0.4) is 0 Å². The Morgan fingerprint density at radius 1 is 1.27 bits per heavy atom. The number of thiophene rings is 1. The first-order valence-corrected chi connectivity index (χ1v) is 9.14. The average Bonchev–Trinajstić information content (AvgIpc) is 3.00. The minimum Gasteiger partial charge on any atom is -0.349 e. The van der Waals surface area contributed by atoms with E-state index < -0.39 is 0 Å². The molecule has 2 heterocycles. The molecular formula is C20H22N4OS. The molecule has 0 saturated heterocycles. The second-order valence-electron chi connectivity index (χ2n) is 6.54. The molecule has 0 radical (unpaired) electrons. The molecular weight excluding hydrogens is 344 g/mol. The predicted molar refractivity (Wildman–Crippen MR) is 104 cm³/mol. The highest BCUT2D eigenvalue weighted by Gasteiger charge is 2.19. The van der Waals surface area contributed by atoms with E-state index in [2.05, 4.69) is 11.4 Å². The molecule has 2 aromatic heterocycles. The number of nitrogens with one attached hydrogen (secondary N) is 1. The summed E-state index contributed by atoms with van der Waals surface area (Å²) in [6.45, 7) is 11.5. The van der Waals surface area contributed by atoms with Crippen LogP contribution < -0.4 is 5.32 Å². The highest BCUT2D eigenvalue weighted by molar-refractivity contribution is 7.14. The van der Waals surface area contributed by atoms with Crippen LogP contribution in [0.5, 0.6) is 0 Å². The smallest absolute Gasteiger partial charge is 0.262 e. The molecule has 0 unspecified atom stereocenters. The van der Waals surface area contributed by atoms with Gasteiger partial charge in [-0.3, -0.25) is 4.79 Å². The van der Waals surface area contributed by atoms with Gasteiger partial charge < -0.3 is 9.88 Å². The van der Waals surface area contributed by atoms with E-state index in [0.717, 1.165) is 32.4 Å². The first-order valence-electron chi connectivity index (χ1n) is 8.33. The number of hydrogen-bond acceptors (Lipinski definition) is 4. The molecule has 0 aliphatic carbocycles. The van der Waals surface area contributed by atoms with Gasteiger partial charge in [0.15, 0.2) is 0 Å². The van der Waals surface area contributed by atoms with Gasteiger partial charge in [0.1, 0.15) is 22.7 Å². The van der Waals surface area contributed by atoms with E-state index in [4.69, 9.17) is 0 Å². The van der Waals surface area contributed by atoms with Crippen molar-refractivity contribution >= 4 is 23.3 Å². The van der Waals surface area contributed by atoms with Crippen LogP contribution in [0.2, 0.25) is 0 Å². The minimum atomic E-state index is -0.382. The lowest BCUT2D eigenvalue weighted by Gasteiger charge is -2.08. The van der Waals surface area contributed by atoms with Gasteiger partial charge in [-0.05, 0) is 64.8 Å². The SMILES string of the molecule is Cc1sc(-n2c(C)cc(/C=C(/C#N)C(=O)NC(C)C)c2C)c(C#N)c1C. The van der Waals surface area contributed by atoms with E-state index in [-0.39, 0.29) is 17.5 Å². The summed E-state index contributed by atoms with van der Waals surface area (Å²) in [6.07, 6.45) is 1.61. The van der Waals surface area contributed by atoms with Crippen molar-refractivity contribution in [3.8, 4) is 17.1 Å². The Kier molecular flexibility index (Phi) is 5.69. The summed E-state index contributed by atoms with van der Waals surface area (Å²) in [6, 6.07) is 6.17. The molecule has 2 rings (SSSR count). The normalized spacial score (nSPS) is 11.3. The molecule has 0 aliphatic heterocycles. The average molecular weight is 366 g/mol. The summed E-state index contributed by atoms with van der Waals surface area (Å²) in [5, 5.41) is 22.5. The van der Waals surface area contributed by atoms with E-state index in [9.17, 15) is 15.3 Å². The van der Waals surface area contributed by atoms with E-state index in [1.807, 2.05) is 58.2 Å². The summed E-state index contributed by atoms with van der Waals surface area (Å²) in [7, 11) is 0. The summed E-state index contributed by atoms with van der Waals surface area (Å²) >= 11 is 1.58. The third kappa shape index (κ3) is 3.56. The summed E-state index contributed by atoms with van der Waals surface area (Å²) in [4.78, 5) is 13.3. The van der Waals surface area contributed by atoms with Gasteiger partial charge in [0, 0.05) is 22.3 Å². The number of amides is 1. The van der Waals surface area contributed by atoms with Crippen LogP contribution in [-0.4, -0.2) is 16.5 Å². The van der Waals surface area contributed by atoms with Gasteiger partial charge in [0.2, 0.25) is 0 Å². The number of nitrogens with zero attached hydrogens (tertiary/aromatic N) is 3. The quantitative estimate of drug-likeness (QED) is 0.654. The molecule has 1 N–H and O–H groups in total. The van der Waals surface area contributed by atoms with Crippen LogP contribution in [0.4, 0.5) is 0 Å². The zero-order valence-corrected chi connectivity index (χ0v) is 16.7. The summed E-state index contributed by atoms with van der Waals surface area (Å²) in [5.74, 6) is -0.382. The Balaban J connectivity index is 2.58. The van der Waals surface area contributed by atoms with Gasteiger partial charge in [-0.25, -0.2) is 0 Å². The zero-order chi connectivity index (χ0) is 19.6. The molecule has 134 valence electrons. The third-order valence-corrected chi connectivity index (χ3v) is 5.43. The number of carbonyl (C=O) groups excluding carboxylic acids is 1. The van der Waals surface area contributed by atoms with Gasteiger partial charge in [-0.2, -0.15) is 10.5 Å². The Labute approximate surface area is 158 Å². The maximum atomic E-state index is 12.2. The van der Waals surface area contributed by atoms with Gasteiger partial charge >= 0.3 is 0 Å². The number of hydrogen-bond donors (Lipinski definition) is 1. The van der Waals surface area contributed by atoms with Crippen LogP contribution in [0.1, 0.15) is 46.8 Å². The Morgan fingerprint density at radius 3 is 2.46 bits per heavy atom. The minimum absolute atomic E-state index is 0.0399. The van der Waals surface area contributed by atoms with Crippen LogP contribution in [-0.2, 0) is 4.79 Å². The van der Waals surface area contributed by atoms with E-state index in [1.54, 1.807) is 17.4 Å². The van der Waals surface area contributed by atoms with Crippen LogP contribution in [0.15, 0.2) is 11.6 Å². The van der Waals surface area contributed by atoms with Crippen molar-refractivity contribution in [2.24, 2.45) is 0 Å². The molecule has 6 heteroatoms. The maximum Gasteiger partial charge on any atom is 0.262 e. The number of aryl methyl sites for hydroxylation is 2. The molecule has 5 nitrogen and oxygen atoms in total. The molecule has 0 spiro atoms. The molecule has 2 aromatic rings. The number of aromatic nitrogens is 1. The van der Waals surface area contributed by atoms with E-state index in [1.165, 1.54) is 0 Å². The maximum absolute atomic E-state index is 12.2. The second kappa shape index (κ2) is 7.59. The Hall–Kier alpha value is -2.83. The summed E-state index contributed by atoms with van der Waals surface area (Å²) < 4.78 is 2.02. The molecule has 0 aliphatic rings. The first-order chi connectivity index (χ1) is 12.2. The molecule has 0 atom stereocenters. The Morgan fingerprint density at radius 2 is 1.92 bits per heavy atom. The van der Waals surface area contributed by atoms with Crippen molar-refractivity contribution in [1.82, 2.24) is 9.88 Å². The predicted octanol–water partition coefficient (Wildman–Crippen LogP) is 4.08. The molecule has 26 heavy (non-hydrogen) atoms. The van der Waals surface area contributed by atoms with Crippen molar-refractivity contribution in [2.75, 3.05) is 0 Å². The number of carbonyl (C=O) groups is 1. The number of rotatable bonds is 4. The van der Waals surface area contributed by atoms with Gasteiger partial charge in [-0.1, -0.05) is 0 Å². The highest BCUT2D eigenvalue weighted by atomic mass is 32.1. The van der Waals surface area contributed by atoms with Crippen LogP contribution in [0, 0.1) is 50.4 Å². The van der Waals surface area contributed by atoms with Crippen molar-refractivity contribution in [2.45, 2.75) is 47.6 Å². The van der Waals surface area contributed by atoms with E-state index >= 15 is 0 Å². The molecule has 0 aromatic carbocycles. The lowest BCUT2D eigenvalue weighted by molar-refractivity contribution is -0.117.